The Morgan fingerprint density at radius 1 is 1.04 bits per heavy atom. The van der Waals surface area contributed by atoms with Crippen LogP contribution in [-0.2, 0) is 25.6 Å². The van der Waals surface area contributed by atoms with Crippen molar-refractivity contribution >= 4 is 57.8 Å². The number of Topliss-reactive ketones (excluding diaryl/α,β-unsaturated/α-hetero) is 1. The maximum Gasteiger partial charge on any atom is 0.303 e. The number of carbonyl (C=O) groups excluding carboxylic acids is 2. The summed E-state index contributed by atoms with van der Waals surface area (Å²) in [6, 6.07) is 2.16. The number of nitrogens with one attached hydrogen (secondary N) is 2. The molecule has 1 saturated heterocycles. The molecule has 4 aromatic rings. The van der Waals surface area contributed by atoms with Crippen molar-refractivity contribution in [2.75, 3.05) is 10.6 Å². The zero-order chi connectivity index (χ0) is 31.7. The fourth-order valence-corrected chi connectivity index (χ4v) is 6.28. The highest BCUT2D eigenvalue weighted by Gasteiger charge is 2.51. The van der Waals surface area contributed by atoms with Gasteiger partial charge in [0.15, 0.2) is 23.1 Å². The van der Waals surface area contributed by atoms with E-state index >= 15 is 0 Å². The van der Waals surface area contributed by atoms with Crippen LogP contribution >= 0.6 is 23.2 Å². The highest BCUT2D eigenvalue weighted by atomic mass is 35.5. The lowest BCUT2D eigenvalue weighted by Gasteiger charge is -2.30. The molecule has 2 N–H and O–H groups in total. The van der Waals surface area contributed by atoms with E-state index in [9.17, 15) is 9.59 Å². The summed E-state index contributed by atoms with van der Waals surface area (Å²) in [5.41, 5.74) is 0.891. The molecule has 0 bridgehead atoms. The maximum atomic E-state index is 12.4. The van der Waals surface area contributed by atoms with Crippen molar-refractivity contribution in [2.24, 2.45) is 5.92 Å². The van der Waals surface area contributed by atoms with Crippen molar-refractivity contribution in [1.82, 2.24) is 49.7 Å². The van der Waals surface area contributed by atoms with Gasteiger partial charge in [-0.2, -0.15) is 14.8 Å². The molecule has 5 heterocycles. The summed E-state index contributed by atoms with van der Waals surface area (Å²) in [6.45, 7) is 5.14. The van der Waals surface area contributed by atoms with Crippen LogP contribution in [0.3, 0.4) is 0 Å². The third-order valence-electron chi connectivity index (χ3n) is 7.92. The molecule has 238 valence electrons. The van der Waals surface area contributed by atoms with Gasteiger partial charge in [0, 0.05) is 31.6 Å². The lowest BCUT2D eigenvalue weighted by molar-refractivity contribution is -0.151. The average Bonchev–Trinajstić information content (AvgIpc) is 3.72. The number of ether oxygens (including phenoxy) is 2. The molecule has 0 amide bonds. The van der Waals surface area contributed by atoms with Crippen molar-refractivity contribution in [3.05, 3.63) is 35.0 Å². The summed E-state index contributed by atoms with van der Waals surface area (Å²) in [7, 11) is 0. The maximum absolute atomic E-state index is 12.4. The zero-order valence-electron chi connectivity index (χ0n) is 24.8. The number of fused-ring (bicyclic) bond motifs is 1. The number of imidazole rings is 1. The van der Waals surface area contributed by atoms with Gasteiger partial charge in [0.2, 0.25) is 16.4 Å². The van der Waals surface area contributed by atoms with E-state index in [1.807, 2.05) is 6.92 Å². The smallest absolute Gasteiger partial charge is 0.303 e. The lowest BCUT2D eigenvalue weighted by Crippen LogP contribution is -2.33. The summed E-state index contributed by atoms with van der Waals surface area (Å²) >= 11 is 12.4. The molecule has 18 heteroatoms. The van der Waals surface area contributed by atoms with Crippen LogP contribution in [0.2, 0.25) is 10.6 Å². The summed E-state index contributed by atoms with van der Waals surface area (Å²) in [5.74, 6) is 0.200. The summed E-state index contributed by atoms with van der Waals surface area (Å²) in [6.07, 6.45) is 4.22. The van der Waals surface area contributed by atoms with Crippen LogP contribution in [0.1, 0.15) is 71.0 Å². The van der Waals surface area contributed by atoms with Crippen molar-refractivity contribution in [3.8, 4) is 0 Å². The third-order valence-corrected chi connectivity index (χ3v) is 8.27. The number of tetrazole rings is 1. The van der Waals surface area contributed by atoms with Gasteiger partial charge in [-0.1, -0.05) is 0 Å². The van der Waals surface area contributed by atoms with Gasteiger partial charge in [-0.15, -0.1) is 10.2 Å². The van der Waals surface area contributed by atoms with Gasteiger partial charge >= 0.3 is 5.97 Å². The molecule has 0 radical (unpaired) electrons. The molecular formula is C27H32Cl2N12O4. The Balaban J connectivity index is 1.25. The first kappa shape index (κ1) is 31.0. The van der Waals surface area contributed by atoms with E-state index in [0.29, 0.717) is 29.3 Å². The Morgan fingerprint density at radius 3 is 2.47 bits per heavy atom. The number of ketones is 1. The van der Waals surface area contributed by atoms with E-state index in [4.69, 9.17) is 32.7 Å². The Hall–Kier alpha value is -4.02. The van der Waals surface area contributed by atoms with Crippen LogP contribution in [0.5, 0.6) is 0 Å². The predicted molar refractivity (Wildman–Crippen MR) is 161 cm³/mol. The second kappa shape index (κ2) is 13.1. The molecular weight excluding hydrogens is 627 g/mol. The van der Waals surface area contributed by atoms with Gasteiger partial charge in [-0.25, -0.2) is 15.0 Å². The van der Waals surface area contributed by atoms with Gasteiger partial charge in [-0.05, 0) is 74.0 Å². The molecule has 1 saturated carbocycles. The molecule has 16 nitrogen and oxygen atoms in total. The van der Waals surface area contributed by atoms with E-state index in [-0.39, 0.29) is 40.7 Å². The normalized spacial score (nSPS) is 24.9. The topological polar surface area (TPSA) is 190 Å². The average molecular weight is 660 g/mol. The summed E-state index contributed by atoms with van der Waals surface area (Å²) in [5, 5.41) is 19.7. The second-order valence-corrected chi connectivity index (χ2v) is 11.8. The SMILES string of the molecule is CCn1nnc([C@H]2O[C@@H](n3cnc4c(NC5CCC(Nc6ccnc(Cl)n6)CC5)nc(Cl)nc43)[C@H](CC(C)=O)[C@@H]2OC(C)=O)n1. The quantitative estimate of drug-likeness (QED) is 0.186. The largest absolute Gasteiger partial charge is 0.459 e. The first-order valence-corrected chi connectivity index (χ1v) is 15.5. The highest BCUT2D eigenvalue weighted by molar-refractivity contribution is 6.28. The molecule has 2 aliphatic rings. The van der Waals surface area contributed by atoms with Gasteiger partial charge in [0.1, 0.15) is 23.9 Å². The number of esters is 1. The van der Waals surface area contributed by atoms with Crippen LogP contribution in [-0.4, -0.2) is 79.6 Å². The van der Waals surface area contributed by atoms with E-state index in [2.05, 4.69) is 51.0 Å². The van der Waals surface area contributed by atoms with Gasteiger partial charge in [-0.3, -0.25) is 9.36 Å². The highest BCUT2D eigenvalue weighted by Crippen LogP contribution is 2.46. The molecule has 2 fully saturated rings. The minimum absolute atomic E-state index is 0.0181. The molecule has 0 aromatic carbocycles. The summed E-state index contributed by atoms with van der Waals surface area (Å²) in [4.78, 5) is 47.7. The van der Waals surface area contributed by atoms with E-state index in [1.54, 1.807) is 23.2 Å². The molecule has 1 aliphatic carbocycles. The van der Waals surface area contributed by atoms with Gasteiger partial charge in [0.05, 0.1) is 18.8 Å². The number of nitrogens with zero attached hydrogens (tertiary/aromatic N) is 10. The van der Waals surface area contributed by atoms with Crippen molar-refractivity contribution < 1.29 is 19.1 Å². The first-order valence-electron chi connectivity index (χ1n) is 14.7. The predicted octanol–water partition coefficient (Wildman–Crippen LogP) is 3.56. The van der Waals surface area contributed by atoms with Crippen molar-refractivity contribution in [1.29, 1.82) is 0 Å². The minimum Gasteiger partial charge on any atom is -0.459 e. The molecule has 45 heavy (non-hydrogen) atoms. The third kappa shape index (κ3) is 6.82. The van der Waals surface area contributed by atoms with Crippen molar-refractivity contribution in [2.45, 2.75) is 89.9 Å². The fourth-order valence-electron chi connectivity index (χ4n) is 5.96. The number of rotatable bonds is 10. The number of hydrogen-bond donors (Lipinski definition) is 2. The molecule has 1 aliphatic heterocycles. The van der Waals surface area contributed by atoms with Crippen molar-refractivity contribution in [3.63, 3.8) is 0 Å². The lowest BCUT2D eigenvalue weighted by atomic mass is 9.91. The molecule has 0 unspecified atom stereocenters. The molecule has 6 rings (SSSR count). The van der Waals surface area contributed by atoms with Gasteiger partial charge < -0.3 is 24.9 Å². The van der Waals surface area contributed by atoms with Gasteiger partial charge in [0.25, 0.3) is 0 Å². The standard InChI is InChI=1S/C27H32Cl2N12O4/c1-4-41-38-23(37-39-41)21-20(44-14(3)43)17(11-13(2)42)25(45-21)40-12-31-19-22(35-27(29)36-24(19)40)33-16-7-5-15(6-8-16)32-18-9-10-30-26(28)34-18/h9-10,12,15-17,20-21,25H,4-8,11H2,1-3H3,(H,30,32,34)(H,33,35,36)/t15?,16?,17-,20+,21+,25-/m1/s1. The number of carbonyl (C=O) groups is 2. The second-order valence-electron chi connectivity index (χ2n) is 11.1. The molecule has 4 atom stereocenters. The Labute approximate surface area is 267 Å². The molecule has 4 aromatic heterocycles. The number of hydrogen-bond acceptors (Lipinski definition) is 14. The van der Waals surface area contributed by atoms with Crippen LogP contribution in [0.15, 0.2) is 18.6 Å². The molecule has 0 spiro atoms. The number of halogens is 2. The van der Waals surface area contributed by atoms with Crippen LogP contribution in [0.4, 0.5) is 11.6 Å². The van der Waals surface area contributed by atoms with E-state index in [0.717, 1.165) is 25.7 Å². The zero-order valence-corrected chi connectivity index (χ0v) is 26.3. The first-order chi connectivity index (χ1) is 21.7. The fraction of sp³-hybridized carbons (Fsp3) is 0.556. The Bertz CT molecular complexity index is 1690. The van der Waals surface area contributed by atoms with Crippen LogP contribution in [0.25, 0.3) is 11.2 Å². The van der Waals surface area contributed by atoms with Crippen LogP contribution in [0, 0.1) is 5.92 Å². The van der Waals surface area contributed by atoms with E-state index in [1.165, 1.54) is 18.6 Å². The Kier molecular flexibility index (Phi) is 9.05. The minimum atomic E-state index is -0.877. The number of aromatic nitrogens is 10. The van der Waals surface area contributed by atoms with Crippen LogP contribution < -0.4 is 10.6 Å². The number of anilines is 2. The summed E-state index contributed by atoms with van der Waals surface area (Å²) < 4.78 is 13.9. The monoisotopic (exact) mass is 658 g/mol. The van der Waals surface area contributed by atoms with E-state index < -0.39 is 30.3 Å². The number of aryl methyl sites for hydroxylation is 1. The Morgan fingerprint density at radius 2 is 1.80 bits per heavy atom.